The molecule has 0 aliphatic carbocycles. The fourth-order valence-corrected chi connectivity index (χ4v) is 3.52. The lowest BCUT2D eigenvalue weighted by Gasteiger charge is -2.19. The van der Waals surface area contributed by atoms with Gasteiger partial charge in [-0.3, -0.25) is 5.32 Å². The number of amides is 1. The van der Waals surface area contributed by atoms with E-state index in [9.17, 15) is 9.18 Å². The molecule has 12 heteroatoms. The van der Waals surface area contributed by atoms with Crippen LogP contribution in [-0.4, -0.2) is 46.3 Å². The summed E-state index contributed by atoms with van der Waals surface area (Å²) in [5.74, 6) is 0.550. The van der Waals surface area contributed by atoms with Gasteiger partial charge < -0.3 is 10.5 Å². The lowest BCUT2D eigenvalue weighted by atomic mass is 10.0. The van der Waals surface area contributed by atoms with Gasteiger partial charge in [-0.1, -0.05) is 0 Å². The maximum absolute atomic E-state index is 13.6. The summed E-state index contributed by atoms with van der Waals surface area (Å²) in [6.07, 6.45) is 2.72. The first kappa shape index (κ1) is 22.9. The van der Waals surface area contributed by atoms with Crippen LogP contribution in [0.15, 0.2) is 60.9 Å². The molecule has 0 saturated carbocycles. The van der Waals surface area contributed by atoms with Gasteiger partial charge in [-0.15, -0.1) is 15.3 Å². The highest BCUT2D eigenvalue weighted by molar-refractivity contribution is 5.86. The van der Waals surface area contributed by atoms with Crippen molar-refractivity contribution in [3.63, 3.8) is 0 Å². The van der Waals surface area contributed by atoms with E-state index in [1.807, 2.05) is 0 Å². The Morgan fingerprint density at radius 1 is 1.03 bits per heavy atom. The van der Waals surface area contributed by atoms with Crippen molar-refractivity contribution >= 4 is 23.5 Å². The molecule has 5 aromatic rings. The van der Waals surface area contributed by atoms with Crippen molar-refractivity contribution < 1.29 is 13.9 Å². The van der Waals surface area contributed by atoms with Crippen LogP contribution in [0.3, 0.4) is 0 Å². The van der Waals surface area contributed by atoms with Crippen molar-refractivity contribution in [1.29, 1.82) is 0 Å². The third-order valence-corrected chi connectivity index (χ3v) is 5.04. The van der Waals surface area contributed by atoms with Crippen LogP contribution in [0, 0.1) is 5.82 Å². The lowest BCUT2D eigenvalue weighted by molar-refractivity contribution is 0.0635. The number of nitrogen functional groups attached to an aromatic ring is 1. The highest BCUT2D eigenvalue weighted by atomic mass is 19.1. The van der Waals surface area contributed by atoms with Gasteiger partial charge in [-0.05, 0) is 74.9 Å². The van der Waals surface area contributed by atoms with Gasteiger partial charge >= 0.3 is 6.09 Å². The Labute approximate surface area is 204 Å². The summed E-state index contributed by atoms with van der Waals surface area (Å²) in [5, 5.41) is 19.6. The number of ether oxygens (including phenoxy) is 1. The number of aromatic nitrogens is 7. The van der Waals surface area contributed by atoms with E-state index < -0.39 is 11.7 Å². The Balaban J connectivity index is 1.58. The maximum atomic E-state index is 13.6. The molecule has 0 radical (unpaired) electrons. The second kappa shape index (κ2) is 8.73. The SMILES string of the molecule is CC(C)(C)OC(=O)Nc1cc(-c2cn(-c3ccc4nnc(N)n4n3)nc2-c2ccc(F)cc2)ccn1. The monoisotopic (exact) mass is 487 g/mol. The summed E-state index contributed by atoms with van der Waals surface area (Å²) in [5.41, 5.74) is 8.38. The first-order chi connectivity index (χ1) is 17.2. The Morgan fingerprint density at radius 3 is 2.56 bits per heavy atom. The number of hydrogen-bond donors (Lipinski definition) is 2. The molecule has 3 N–H and O–H groups in total. The summed E-state index contributed by atoms with van der Waals surface area (Å²) in [4.78, 5) is 16.5. The van der Waals surface area contributed by atoms with Gasteiger partial charge in [0.25, 0.3) is 0 Å². The van der Waals surface area contributed by atoms with Gasteiger partial charge in [-0.25, -0.2) is 18.9 Å². The maximum Gasteiger partial charge on any atom is 0.413 e. The summed E-state index contributed by atoms with van der Waals surface area (Å²) >= 11 is 0. The van der Waals surface area contributed by atoms with E-state index in [1.165, 1.54) is 16.6 Å². The largest absolute Gasteiger partial charge is 0.444 e. The molecule has 36 heavy (non-hydrogen) atoms. The smallest absolute Gasteiger partial charge is 0.413 e. The number of pyridine rings is 1. The highest BCUT2D eigenvalue weighted by Gasteiger charge is 2.19. The third-order valence-electron chi connectivity index (χ3n) is 5.04. The van der Waals surface area contributed by atoms with E-state index in [0.717, 1.165) is 0 Å². The molecule has 5 rings (SSSR count). The number of fused-ring (bicyclic) bond motifs is 1. The topological polar surface area (TPSA) is 138 Å². The van der Waals surface area contributed by atoms with Crippen LogP contribution in [-0.2, 0) is 4.74 Å². The number of nitrogens with zero attached hydrogens (tertiary/aromatic N) is 7. The number of nitrogens with two attached hydrogens (primary N) is 1. The first-order valence-electron chi connectivity index (χ1n) is 11.0. The van der Waals surface area contributed by atoms with Crippen LogP contribution in [0.25, 0.3) is 33.8 Å². The molecule has 1 aromatic carbocycles. The van der Waals surface area contributed by atoms with Gasteiger partial charge in [0, 0.05) is 23.5 Å². The second-order valence-corrected chi connectivity index (χ2v) is 8.92. The van der Waals surface area contributed by atoms with Crippen LogP contribution < -0.4 is 11.1 Å². The number of carbonyl (C=O) groups excluding carboxylic acids is 1. The van der Waals surface area contributed by atoms with Crippen LogP contribution in [0.2, 0.25) is 0 Å². The van der Waals surface area contributed by atoms with Crippen molar-refractivity contribution in [3.8, 4) is 28.2 Å². The number of benzene rings is 1. The molecule has 1 amide bonds. The van der Waals surface area contributed by atoms with E-state index in [1.54, 1.807) is 74.2 Å². The van der Waals surface area contributed by atoms with E-state index in [-0.39, 0.29) is 11.8 Å². The summed E-state index contributed by atoms with van der Waals surface area (Å²) in [6, 6.07) is 12.9. The quantitative estimate of drug-likeness (QED) is 0.386. The number of nitrogens with one attached hydrogen (secondary N) is 1. The molecule has 0 saturated heterocycles. The molecule has 11 nitrogen and oxygen atoms in total. The van der Waals surface area contributed by atoms with Gasteiger partial charge in [0.1, 0.15) is 22.9 Å². The fourth-order valence-electron chi connectivity index (χ4n) is 3.52. The number of rotatable bonds is 4. The molecular weight excluding hydrogens is 465 g/mol. The zero-order valence-corrected chi connectivity index (χ0v) is 19.7. The van der Waals surface area contributed by atoms with Crippen LogP contribution in [0.1, 0.15) is 20.8 Å². The Bertz CT molecular complexity index is 1570. The van der Waals surface area contributed by atoms with E-state index in [0.29, 0.717) is 39.7 Å². The van der Waals surface area contributed by atoms with Crippen LogP contribution in [0.5, 0.6) is 0 Å². The number of carbonyl (C=O) groups is 1. The molecule has 4 heterocycles. The average Bonchev–Trinajstić information content (AvgIpc) is 3.43. The van der Waals surface area contributed by atoms with E-state index in [4.69, 9.17) is 15.6 Å². The first-order valence-corrected chi connectivity index (χ1v) is 11.0. The number of anilines is 2. The van der Waals surface area contributed by atoms with Crippen molar-refractivity contribution in [2.45, 2.75) is 26.4 Å². The molecule has 0 bridgehead atoms. The zero-order valence-electron chi connectivity index (χ0n) is 19.7. The van der Waals surface area contributed by atoms with Gasteiger partial charge in [0.05, 0.1) is 0 Å². The molecular formula is C24H22FN9O2. The molecule has 0 unspecified atom stereocenters. The Morgan fingerprint density at radius 2 is 1.81 bits per heavy atom. The van der Waals surface area contributed by atoms with Crippen molar-refractivity contribution in [1.82, 2.24) is 34.6 Å². The molecule has 0 aliphatic rings. The minimum atomic E-state index is -0.652. The molecule has 0 aliphatic heterocycles. The van der Waals surface area contributed by atoms with Crippen LogP contribution in [0.4, 0.5) is 21.0 Å². The van der Waals surface area contributed by atoms with E-state index in [2.05, 4.69) is 25.6 Å². The molecule has 4 aromatic heterocycles. The molecule has 0 fully saturated rings. The summed E-state index contributed by atoms with van der Waals surface area (Å²) < 4.78 is 21.9. The van der Waals surface area contributed by atoms with Crippen molar-refractivity contribution in [2.24, 2.45) is 0 Å². The molecule has 0 atom stereocenters. The Kier molecular flexibility index (Phi) is 5.55. The minimum absolute atomic E-state index is 0.144. The van der Waals surface area contributed by atoms with Crippen molar-refractivity contribution in [2.75, 3.05) is 11.1 Å². The normalized spacial score (nSPS) is 11.6. The minimum Gasteiger partial charge on any atom is -0.444 e. The lowest BCUT2D eigenvalue weighted by Crippen LogP contribution is -2.27. The number of halogens is 1. The summed E-state index contributed by atoms with van der Waals surface area (Å²) in [6.45, 7) is 5.33. The Hall–Kier alpha value is -4.87. The van der Waals surface area contributed by atoms with Gasteiger partial charge in [-0.2, -0.15) is 9.61 Å². The standard InChI is InChI=1S/C24H22FN9O2/c1-24(2,3)36-23(35)28-18-12-15(10-11-27-18)17-13-33(32-21(17)14-4-6-16(25)7-5-14)20-9-8-19-29-30-22(26)34(19)31-20/h4-13H,1-3H3,(H2,26,30)(H,27,28,35). The fraction of sp³-hybridized carbons (Fsp3) is 0.167. The zero-order chi connectivity index (χ0) is 25.4. The third kappa shape index (κ3) is 4.69. The summed E-state index contributed by atoms with van der Waals surface area (Å²) in [7, 11) is 0. The van der Waals surface area contributed by atoms with Crippen LogP contribution >= 0.6 is 0 Å². The predicted octanol–water partition coefficient (Wildman–Crippen LogP) is 4.11. The number of hydrogen-bond acceptors (Lipinski definition) is 8. The highest BCUT2D eigenvalue weighted by Crippen LogP contribution is 2.33. The predicted molar refractivity (Wildman–Crippen MR) is 131 cm³/mol. The van der Waals surface area contributed by atoms with E-state index >= 15 is 0 Å². The average molecular weight is 487 g/mol. The molecule has 182 valence electrons. The van der Waals surface area contributed by atoms with Gasteiger partial charge in [0.15, 0.2) is 11.5 Å². The van der Waals surface area contributed by atoms with Crippen molar-refractivity contribution in [3.05, 3.63) is 66.7 Å². The van der Waals surface area contributed by atoms with Gasteiger partial charge in [0.2, 0.25) is 5.95 Å². The second-order valence-electron chi connectivity index (χ2n) is 8.92. The molecule has 0 spiro atoms.